The molecule has 1 aromatic rings. The van der Waals surface area contributed by atoms with Crippen molar-refractivity contribution in [3.63, 3.8) is 0 Å². The van der Waals surface area contributed by atoms with Crippen molar-refractivity contribution < 1.29 is 4.79 Å². The molecule has 17 heavy (non-hydrogen) atoms. The predicted octanol–water partition coefficient (Wildman–Crippen LogP) is 0.192. The van der Waals surface area contributed by atoms with Crippen LogP contribution >= 0.6 is 0 Å². The Morgan fingerprint density at radius 2 is 2.41 bits per heavy atom. The maximum atomic E-state index is 11.4. The summed E-state index contributed by atoms with van der Waals surface area (Å²) in [4.78, 5) is 13.2. The number of aromatic nitrogens is 2. The maximum absolute atomic E-state index is 11.4. The molecule has 6 heteroatoms. The summed E-state index contributed by atoms with van der Waals surface area (Å²) in [7, 11) is 0. The number of amides is 1. The summed E-state index contributed by atoms with van der Waals surface area (Å²) in [5, 5.41) is 16.7. The third kappa shape index (κ3) is 2.18. The fraction of sp³-hybridized carbons (Fsp3) is 0.455. The van der Waals surface area contributed by atoms with Crippen molar-refractivity contribution in [2.24, 2.45) is 5.73 Å². The van der Waals surface area contributed by atoms with Crippen molar-refractivity contribution in [1.82, 2.24) is 10.2 Å². The Morgan fingerprint density at radius 3 is 3.12 bits per heavy atom. The van der Waals surface area contributed by atoms with Gasteiger partial charge in [-0.3, -0.25) is 4.79 Å². The number of nitrogens with two attached hydrogens (primary N) is 1. The van der Waals surface area contributed by atoms with E-state index in [2.05, 4.69) is 16.3 Å². The smallest absolute Gasteiger partial charge is 0.240 e. The quantitative estimate of drug-likeness (QED) is 0.783. The van der Waals surface area contributed by atoms with E-state index in [9.17, 15) is 4.79 Å². The molecule has 2 rings (SSSR count). The van der Waals surface area contributed by atoms with Gasteiger partial charge in [0.2, 0.25) is 5.91 Å². The first-order chi connectivity index (χ1) is 8.24. The first-order valence-electron chi connectivity index (χ1n) is 5.52. The van der Waals surface area contributed by atoms with Crippen LogP contribution in [0.1, 0.15) is 24.8 Å². The van der Waals surface area contributed by atoms with Crippen LogP contribution in [0.25, 0.3) is 0 Å². The molecule has 6 nitrogen and oxygen atoms in total. The fourth-order valence-corrected chi connectivity index (χ4v) is 2.10. The minimum absolute atomic E-state index is 0.376. The van der Waals surface area contributed by atoms with Gasteiger partial charge in [-0.1, -0.05) is 0 Å². The average Bonchev–Trinajstić information content (AvgIpc) is 2.38. The molecule has 1 aromatic heterocycles. The summed E-state index contributed by atoms with van der Waals surface area (Å²) in [6.45, 7) is 0.682. The van der Waals surface area contributed by atoms with Gasteiger partial charge >= 0.3 is 0 Å². The number of rotatable bonds is 2. The van der Waals surface area contributed by atoms with E-state index >= 15 is 0 Å². The molecular weight excluding hydrogens is 218 g/mol. The van der Waals surface area contributed by atoms with Crippen LogP contribution in [-0.2, 0) is 4.79 Å². The van der Waals surface area contributed by atoms with Crippen LogP contribution in [0.5, 0.6) is 0 Å². The van der Waals surface area contributed by atoms with Crippen LogP contribution in [0.15, 0.2) is 12.3 Å². The van der Waals surface area contributed by atoms with E-state index < -0.39 is 0 Å². The lowest BCUT2D eigenvalue weighted by atomic mass is 10.0. The fourth-order valence-electron chi connectivity index (χ4n) is 2.10. The van der Waals surface area contributed by atoms with E-state index in [0.717, 1.165) is 12.8 Å². The summed E-state index contributed by atoms with van der Waals surface area (Å²) in [5.41, 5.74) is 5.80. The highest BCUT2D eigenvalue weighted by molar-refractivity contribution is 5.84. The number of primary amides is 1. The minimum Gasteiger partial charge on any atom is -0.368 e. The molecular formula is C11H13N5O. The van der Waals surface area contributed by atoms with Crippen molar-refractivity contribution in [3.8, 4) is 6.07 Å². The number of nitriles is 1. The summed E-state index contributed by atoms with van der Waals surface area (Å²) in [6, 6.07) is 3.27. The number of carbonyl (C=O) groups is 1. The van der Waals surface area contributed by atoms with Crippen molar-refractivity contribution in [2.75, 3.05) is 11.4 Å². The lowest BCUT2D eigenvalue weighted by Gasteiger charge is -2.34. The highest BCUT2D eigenvalue weighted by Crippen LogP contribution is 2.24. The van der Waals surface area contributed by atoms with Crippen LogP contribution in [0.4, 0.5) is 5.82 Å². The van der Waals surface area contributed by atoms with Crippen LogP contribution in [-0.4, -0.2) is 28.7 Å². The summed E-state index contributed by atoms with van der Waals surface area (Å²) >= 11 is 0. The second-order valence-corrected chi connectivity index (χ2v) is 3.99. The van der Waals surface area contributed by atoms with E-state index in [4.69, 9.17) is 11.0 Å². The number of hydrogen-bond acceptors (Lipinski definition) is 5. The van der Waals surface area contributed by atoms with Gasteiger partial charge in [-0.05, 0) is 25.3 Å². The molecule has 0 radical (unpaired) electrons. The number of carbonyl (C=O) groups excluding carboxylic acids is 1. The molecule has 0 aromatic carbocycles. The van der Waals surface area contributed by atoms with Gasteiger partial charge < -0.3 is 10.6 Å². The zero-order chi connectivity index (χ0) is 12.3. The molecule has 1 saturated heterocycles. The van der Waals surface area contributed by atoms with Gasteiger partial charge in [0.05, 0.1) is 11.8 Å². The van der Waals surface area contributed by atoms with Crippen molar-refractivity contribution in [1.29, 1.82) is 5.26 Å². The molecule has 1 atom stereocenters. The summed E-state index contributed by atoms with van der Waals surface area (Å²) in [6.07, 6.45) is 4.10. The number of anilines is 1. The summed E-state index contributed by atoms with van der Waals surface area (Å²) < 4.78 is 0. The Bertz CT molecular complexity index is 467. The van der Waals surface area contributed by atoms with Crippen LogP contribution < -0.4 is 10.6 Å². The Labute approximate surface area is 99.0 Å². The van der Waals surface area contributed by atoms with Gasteiger partial charge in [-0.15, -0.1) is 5.10 Å². The predicted molar refractivity (Wildman–Crippen MR) is 60.9 cm³/mol. The number of nitrogens with zero attached hydrogens (tertiary/aromatic N) is 4. The Kier molecular flexibility index (Phi) is 3.19. The van der Waals surface area contributed by atoms with Gasteiger partial charge in [0.15, 0.2) is 5.82 Å². The van der Waals surface area contributed by atoms with Crippen LogP contribution in [0.2, 0.25) is 0 Å². The summed E-state index contributed by atoms with van der Waals surface area (Å²) in [5.74, 6) is 0.0812. The van der Waals surface area contributed by atoms with E-state index in [1.807, 2.05) is 0 Å². The topological polar surface area (TPSA) is 95.9 Å². The van der Waals surface area contributed by atoms with Crippen molar-refractivity contribution in [3.05, 3.63) is 17.8 Å². The number of hydrogen-bond donors (Lipinski definition) is 1. The van der Waals surface area contributed by atoms with Gasteiger partial charge in [0, 0.05) is 6.54 Å². The minimum atomic E-state index is -0.382. The second kappa shape index (κ2) is 4.78. The lowest BCUT2D eigenvalue weighted by Crippen LogP contribution is -2.48. The highest BCUT2D eigenvalue weighted by atomic mass is 16.1. The monoisotopic (exact) mass is 231 g/mol. The molecule has 1 amide bonds. The third-order valence-electron chi connectivity index (χ3n) is 2.92. The molecule has 1 fully saturated rings. The second-order valence-electron chi connectivity index (χ2n) is 3.99. The largest absolute Gasteiger partial charge is 0.368 e. The third-order valence-corrected chi connectivity index (χ3v) is 2.92. The van der Waals surface area contributed by atoms with E-state index in [0.29, 0.717) is 24.3 Å². The highest BCUT2D eigenvalue weighted by Gasteiger charge is 2.29. The zero-order valence-electron chi connectivity index (χ0n) is 9.33. The van der Waals surface area contributed by atoms with Crippen LogP contribution in [0.3, 0.4) is 0 Å². The van der Waals surface area contributed by atoms with E-state index in [1.54, 1.807) is 11.0 Å². The first kappa shape index (κ1) is 11.3. The van der Waals surface area contributed by atoms with Gasteiger partial charge in [-0.25, -0.2) is 0 Å². The molecule has 2 heterocycles. The maximum Gasteiger partial charge on any atom is 0.240 e. The molecule has 1 aliphatic rings. The van der Waals surface area contributed by atoms with Crippen molar-refractivity contribution in [2.45, 2.75) is 25.3 Å². The van der Waals surface area contributed by atoms with Crippen LogP contribution in [0, 0.1) is 11.3 Å². The molecule has 1 aliphatic heterocycles. The molecule has 1 unspecified atom stereocenters. The normalized spacial score (nSPS) is 19.7. The zero-order valence-corrected chi connectivity index (χ0v) is 9.33. The molecule has 0 bridgehead atoms. The Morgan fingerprint density at radius 1 is 1.59 bits per heavy atom. The van der Waals surface area contributed by atoms with E-state index in [-0.39, 0.29) is 11.9 Å². The average molecular weight is 231 g/mol. The first-order valence-corrected chi connectivity index (χ1v) is 5.52. The Hall–Kier alpha value is -2.16. The molecule has 2 N–H and O–H groups in total. The standard InChI is InChI=1S/C11H13N5O/c12-7-8-4-5-14-15-11(8)16-6-2-1-3-9(16)10(13)17/h4-5,9H,1-3,6H2,(H2,13,17). The lowest BCUT2D eigenvalue weighted by molar-refractivity contribution is -0.119. The van der Waals surface area contributed by atoms with Gasteiger partial charge in [0.1, 0.15) is 12.1 Å². The molecule has 88 valence electrons. The van der Waals surface area contributed by atoms with Crippen molar-refractivity contribution >= 4 is 11.7 Å². The SMILES string of the molecule is N#Cc1ccnnc1N1CCCCC1C(N)=O. The Balaban J connectivity index is 2.36. The molecule has 0 aliphatic carbocycles. The van der Waals surface area contributed by atoms with E-state index in [1.165, 1.54) is 6.20 Å². The van der Waals surface area contributed by atoms with Gasteiger partial charge in [0.25, 0.3) is 0 Å². The van der Waals surface area contributed by atoms with Gasteiger partial charge in [-0.2, -0.15) is 10.4 Å². The molecule has 0 saturated carbocycles. The number of piperidine rings is 1. The molecule has 0 spiro atoms.